The lowest BCUT2D eigenvalue weighted by Crippen LogP contribution is -2.20. The normalized spacial score (nSPS) is 11.7. The fourth-order valence-corrected chi connectivity index (χ4v) is 1.63. The average Bonchev–Trinajstić information content (AvgIpc) is 2.45. The first kappa shape index (κ1) is 11.2. The van der Waals surface area contributed by atoms with Crippen molar-refractivity contribution >= 4 is 18.7 Å². The summed E-state index contributed by atoms with van der Waals surface area (Å²) in [6.07, 6.45) is 3.20. The van der Waals surface area contributed by atoms with Gasteiger partial charge in [-0.1, -0.05) is 0 Å². The molecular formula is C7H9BF3N2S-. The highest BCUT2D eigenvalue weighted by Gasteiger charge is 2.26. The number of nitrogens with zero attached hydrogens (tertiary/aromatic N) is 2. The quantitative estimate of drug-likeness (QED) is 0.574. The smallest absolute Gasteiger partial charge is 0.445 e. The van der Waals surface area contributed by atoms with Crippen LogP contribution < -0.4 is 0 Å². The van der Waals surface area contributed by atoms with Gasteiger partial charge in [-0.3, -0.25) is 4.68 Å². The van der Waals surface area contributed by atoms with Crippen molar-refractivity contribution in [3.8, 4) is 0 Å². The Morgan fingerprint density at radius 2 is 2.29 bits per heavy atom. The Labute approximate surface area is 84.2 Å². The predicted molar refractivity (Wildman–Crippen MR) is 52.2 cm³/mol. The molecule has 0 saturated carbocycles. The van der Waals surface area contributed by atoms with E-state index >= 15 is 0 Å². The van der Waals surface area contributed by atoms with Gasteiger partial charge >= 0.3 is 6.98 Å². The lowest BCUT2D eigenvalue weighted by Gasteiger charge is -2.16. The molecule has 0 aliphatic carbocycles. The van der Waals surface area contributed by atoms with Gasteiger partial charge < -0.3 is 12.9 Å². The molecule has 0 aliphatic rings. The van der Waals surface area contributed by atoms with Crippen molar-refractivity contribution in [2.75, 3.05) is 5.75 Å². The summed E-state index contributed by atoms with van der Waals surface area (Å²) < 4.78 is 37.8. The number of hydrogen-bond acceptors (Lipinski definition) is 2. The van der Waals surface area contributed by atoms with Gasteiger partial charge in [0.2, 0.25) is 0 Å². The number of aryl methyl sites for hydroxylation is 1. The van der Waals surface area contributed by atoms with Gasteiger partial charge in [0.05, 0.1) is 6.20 Å². The van der Waals surface area contributed by atoms with Gasteiger partial charge in [0.1, 0.15) is 0 Å². The fourth-order valence-electron chi connectivity index (χ4n) is 0.744. The van der Waals surface area contributed by atoms with E-state index in [0.29, 0.717) is 4.90 Å². The van der Waals surface area contributed by atoms with Crippen LogP contribution in [0.25, 0.3) is 0 Å². The minimum Gasteiger partial charge on any atom is -0.445 e. The van der Waals surface area contributed by atoms with Gasteiger partial charge in [-0.25, -0.2) is 0 Å². The van der Waals surface area contributed by atoms with Crippen LogP contribution in [0.15, 0.2) is 29.3 Å². The zero-order valence-corrected chi connectivity index (χ0v) is 8.40. The highest BCUT2D eigenvalue weighted by atomic mass is 32.2. The topological polar surface area (TPSA) is 17.8 Å². The summed E-state index contributed by atoms with van der Waals surface area (Å²) in [5, 5.41) is 3.85. The van der Waals surface area contributed by atoms with Crippen molar-refractivity contribution in [2.45, 2.75) is 4.90 Å². The first-order valence-corrected chi connectivity index (χ1v) is 4.87. The highest BCUT2D eigenvalue weighted by Crippen LogP contribution is 2.25. The molecule has 7 heteroatoms. The van der Waals surface area contributed by atoms with Crippen LogP contribution in [-0.2, 0) is 7.05 Å². The Morgan fingerprint density at radius 1 is 1.64 bits per heavy atom. The number of thioether (sulfide) groups is 1. The monoisotopic (exact) mass is 221 g/mol. The lowest BCUT2D eigenvalue weighted by atomic mass is 9.82. The Kier molecular flexibility index (Phi) is 3.31. The maximum atomic E-state index is 12.1. The van der Waals surface area contributed by atoms with Crippen LogP contribution in [-0.4, -0.2) is 22.5 Å². The summed E-state index contributed by atoms with van der Waals surface area (Å²) in [6.45, 7) is -1.90. The molecule has 2 nitrogen and oxygen atoms in total. The second-order valence-corrected chi connectivity index (χ2v) is 3.92. The summed E-state index contributed by atoms with van der Waals surface area (Å²) in [4.78, 5) is 0.716. The van der Waals surface area contributed by atoms with Crippen molar-refractivity contribution in [1.82, 2.24) is 9.78 Å². The number of aromatic nitrogens is 2. The Balaban J connectivity index is 2.46. The first-order valence-electron chi connectivity index (χ1n) is 3.88. The molecule has 0 aromatic carbocycles. The second-order valence-electron chi connectivity index (χ2n) is 2.87. The van der Waals surface area contributed by atoms with Crippen LogP contribution in [0.2, 0.25) is 0 Å². The maximum Gasteiger partial charge on any atom is 0.505 e. The van der Waals surface area contributed by atoms with E-state index in [4.69, 9.17) is 0 Å². The third-order valence-electron chi connectivity index (χ3n) is 1.57. The summed E-state index contributed by atoms with van der Waals surface area (Å²) in [5.41, 5.74) is -0.668. The molecule has 0 amide bonds. The van der Waals surface area contributed by atoms with Crippen LogP contribution in [0, 0.1) is 0 Å². The van der Waals surface area contributed by atoms with Crippen LogP contribution in [0.1, 0.15) is 0 Å². The molecule has 78 valence electrons. The Hall–Kier alpha value is -0.845. The maximum absolute atomic E-state index is 12.1. The van der Waals surface area contributed by atoms with Gasteiger partial charge in [-0.05, 0) is 5.75 Å². The molecule has 1 heterocycles. The molecular weight excluding hydrogens is 212 g/mol. The zero-order chi connectivity index (χ0) is 10.8. The van der Waals surface area contributed by atoms with Gasteiger partial charge in [0.15, 0.2) is 0 Å². The number of rotatable bonds is 4. The summed E-state index contributed by atoms with van der Waals surface area (Å²) in [6, 6.07) is 0. The largest absolute Gasteiger partial charge is 0.505 e. The summed E-state index contributed by atoms with van der Waals surface area (Å²) >= 11 is 1.09. The average molecular weight is 221 g/mol. The predicted octanol–water partition coefficient (Wildman–Crippen LogP) is 2.46. The molecule has 1 aromatic rings. The van der Waals surface area contributed by atoms with Crippen molar-refractivity contribution in [1.29, 1.82) is 0 Å². The van der Waals surface area contributed by atoms with Gasteiger partial charge in [0.25, 0.3) is 0 Å². The van der Waals surface area contributed by atoms with Crippen LogP contribution in [0.3, 0.4) is 0 Å². The molecule has 0 bridgehead atoms. The van der Waals surface area contributed by atoms with E-state index < -0.39 is 12.4 Å². The molecule has 0 unspecified atom stereocenters. The summed E-state index contributed by atoms with van der Waals surface area (Å²) in [7, 11) is 1.71. The van der Waals surface area contributed by atoms with E-state index in [0.717, 1.165) is 11.8 Å². The molecule has 0 atom stereocenters. The van der Waals surface area contributed by atoms with Crippen molar-refractivity contribution < 1.29 is 12.9 Å². The fraction of sp³-hybridized carbons (Fsp3) is 0.286. The van der Waals surface area contributed by atoms with Crippen molar-refractivity contribution in [2.24, 2.45) is 7.05 Å². The number of hydrogen-bond donors (Lipinski definition) is 0. The van der Waals surface area contributed by atoms with Crippen LogP contribution >= 0.6 is 11.8 Å². The van der Waals surface area contributed by atoms with E-state index in [1.165, 1.54) is 6.20 Å². The van der Waals surface area contributed by atoms with E-state index in [1.54, 1.807) is 17.9 Å². The van der Waals surface area contributed by atoms with E-state index in [1.807, 2.05) is 0 Å². The highest BCUT2D eigenvalue weighted by molar-refractivity contribution is 7.99. The molecule has 1 rings (SSSR count). The van der Waals surface area contributed by atoms with E-state index in [2.05, 4.69) is 11.7 Å². The third kappa shape index (κ3) is 3.14. The Bertz CT molecular complexity index is 334. The van der Waals surface area contributed by atoms with Gasteiger partial charge in [-0.2, -0.15) is 5.10 Å². The Morgan fingerprint density at radius 3 is 2.71 bits per heavy atom. The van der Waals surface area contributed by atoms with Gasteiger partial charge in [0, 0.05) is 18.1 Å². The van der Waals surface area contributed by atoms with Gasteiger partial charge in [-0.15, -0.1) is 23.8 Å². The molecule has 0 radical (unpaired) electrons. The summed E-state index contributed by atoms with van der Waals surface area (Å²) in [5.74, 6) is -0.130. The molecule has 0 N–H and O–H groups in total. The lowest BCUT2D eigenvalue weighted by molar-refractivity contribution is 0.491. The zero-order valence-electron chi connectivity index (χ0n) is 7.58. The third-order valence-corrected chi connectivity index (χ3v) is 2.63. The minimum atomic E-state index is -4.91. The molecule has 0 spiro atoms. The molecule has 0 saturated heterocycles. The second kappa shape index (κ2) is 4.12. The SMILES string of the molecule is C=C(CSc1cnn(C)c1)[B-](F)(F)F. The standard InChI is InChI=1S/C7H9BF3N2S/c1-6(8(9,10)11)5-14-7-3-12-13(2)4-7/h3-4H,1,5H2,2H3/q-1. The van der Waals surface area contributed by atoms with Crippen molar-refractivity contribution in [3.05, 3.63) is 24.4 Å². The molecule has 14 heavy (non-hydrogen) atoms. The molecule has 0 aliphatic heterocycles. The minimum absolute atomic E-state index is 0.130. The van der Waals surface area contributed by atoms with E-state index in [9.17, 15) is 12.9 Å². The van der Waals surface area contributed by atoms with Crippen LogP contribution in [0.4, 0.5) is 12.9 Å². The number of halogens is 3. The first-order chi connectivity index (χ1) is 6.39. The molecule has 0 fully saturated rings. The van der Waals surface area contributed by atoms with E-state index in [-0.39, 0.29) is 5.75 Å². The molecule has 1 aromatic heterocycles. The van der Waals surface area contributed by atoms with Crippen molar-refractivity contribution in [3.63, 3.8) is 0 Å². The van der Waals surface area contributed by atoms with Crippen LogP contribution in [0.5, 0.6) is 0 Å².